The quantitative estimate of drug-likeness (QED) is 0.663. The number of nitrogens with one attached hydrogen (secondary N) is 1. The van der Waals surface area contributed by atoms with Crippen LogP contribution in [0.1, 0.15) is 51.4 Å². The number of carbonyl (C=O) groups excluding carboxylic acids is 2. The van der Waals surface area contributed by atoms with Gasteiger partial charge in [-0.2, -0.15) is 0 Å². The van der Waals surface area contributed by atoms with Crippen molar-refractivity contribution >= 4 is 27.5 Å². The summed E-state index contributed by atoms with van der Waals surface area (Å²) >= 11 is 0. The zero-order chi connectivity index (χ0) is 24.3. The fourth-order valence-electron chi connectivity index (χ4n) is 7.33. The number of carbonyl (C=O) groups is 2. The standard InChI is InChI=1S/C25H35N3O5S/c1-27(2)34(31,32)19-6-7-22(33-3)20(12-19)26-23(29)21-5-4-8-28(21)24(30)25-13-16-9-17(14-25)11-18(10-16)15-25/h6-7,12,16-18,21H,4-5,8-11,13-15H2,1-3H3,(H,26,29)/t16?,17?,18?,21-,25?/m0/s1. The molecule has 186 valence electrons. The first-order chi connectivity index (χ1) is 16.1. The molecule has 0 radical (unpaired) electrons. The maximum absolute atomic E-state index is 13.9. The number of nitrogens with zero attached hydrogens (tertiary/aromatic N) is 2. The van der Waals surface area contributed by atoms with Crippen LogP contribution in [0, 0.1) is 23.2 Å². The summed E-state index contributed by atoms with van der Waals surface area (Å²) in [6.07, 6.45) is 8.13. The Kier molecular flexibility index (Phi) is 5.91. The number of hydrogen-bond donors (Lipinski definition) is 1. The highest BCUT2D eigenvalue weighted by molar-refractivity contribution is 7.89. The largest absolute Gasteiger partial charge is 0.495 e. The highest BCUT2D eigenvalue weighted by Crippen LogP contribution is 2.60. The normalized spacial score (nSPS) is 32.3. The molecule has 6 rings (SSSR count). The van der Waals surface area contributed by atoms with Gasteiger partial charge in [0.1, 0.15) is 11.8 Å². The summed E-state index contributed by atoms with van der Waals surface area (Å²) in [5.41, 5.74) is 0.0131. The second-order valence-corrected chi connectivity index (χ2v) is 13.1. The maximum atomic E-state index is 13.9. The van der Waals surface area contributed by atoms with Gasteiger partial charge >= 0.3 is 0 Å². The SMILES string of the molecule is COc1ccc(S(=O)(=O)N(C)C)cc1NC(=O)[C@@H]1CCCN1C(=O)C12CC3CC(CC(C3)C1)C2. The monoisotopic (exact) mass is 489 g/mol. The average molecular weight is 490 g/mol. The van der Waals surface area contributed by atoms with Crippen molar-refractivity contribution in [2.24, 2.45) is 23.2 Å². The van der Waals surface area contributed by atoms with Crippen molar-refractivity contribution in [3.8, 4) is 5.75 Å². The van der Waals surface area contributed by atoms with Crippen LogP contribution < -0.4 is 10.1 Å². The molecule has 1 aromatic carbocycles. The average Bonchev–Trinajstić information content (AvgIpc) is 3.27. The van der Waals surface area contributed by atoms with Crippen LogP contribution in [0.2, 0.25) is 0 Å². The lowest BCUT2D eigenvalue weighted by Crippen LogP contribution is -2.56. The number of benzene rings is 1. The molecular weight excluding hydrogens is 454 g/mol. The van der Waals surface area contributed by atoms with E-state index in [0.717, 1.165) is 30.0 Å². The molecule has 0 spiro atoms. The van der Waals surface area contributed by atoms with E-state index in [1.54, 1.807) is 6.07 Å². The fraction of sp³-hybridized carbons (Fsp3) is 0.680. The Balaban J connectivity index is 1.36. The number of methoxy groups -OCH3 is 1. The molecule has 1 aliphatic heterocycles. The number of likely N-dealkylation sites (tertiary alicyclic amines) is 1. The number of hydrogen-bond acceptors (Lipinski definition) is 5. The summed E-state index contributed by atoms with van der Waals surface area (Å²) in [5.74, 6) is 2.25. The molecule has 5 aliphatic rings. The Bertz CT molecular complexity index is 1060. The molecule has 1 aromatic rings. The van der Waals surface area contributed by atoms with Gasteiger partial charge in [0.2, 0.25) is 21.8 Å². The van der Waals surface area contributed by atoms with E-state index in [2.05, 4.69) is 5.32 Å². The first kappa shape index (κ1) is 23.6. The highest BCUT2D eigenvalue weighted by Gasteiger charge is 2.56. The zero-order valence-corrected chi connectivity index (χ0v) is 21.1. The minimum Gasteiger partial charge on any atom is -0.495 e. The maximum Gasteiger partial charge on any atom is 0.247 e. The summed E-state index contributed by atoms with van der Waals surface area (Å²) in [7, 11) is 0.733. The van der Waals surface area contributed by atoms with E-state index in [-0.39, 0.29) is 22.1 Å². The molecule has 4 aliphatic carbocycles. The molecule has 5 fully saturated rings. The summed E-state index contributed by atoms with van der Waals surface area (Å²) in [5, 5.41) is 2.87. The van der Waals surface area contributed by atoms with Gasteiger partial charge in [-0.05, 0) is 87.3 Å². The van der Waals surface area contributed by atoms with Crippen molar-refractivity contribution < 1.29 is 22.7 Å². The second-order valence-electron chi connectivity index (χ2n) is 11.0. The van der Waals surface area contributed by atoms with Crippen molar-refractivity contribution in [2.45, 2.75) is 62.3 Å². The predicted molar refractivity (Wildman–Crippen MR) is 128 cm³/mol. The molecule has 2 amide bonds. The molecule has 1 atom stereocenters. The summed E-state index contributed by atoms with van der Waals surface area (Å²) in [6.45, 7) is 0.602. The molecule has 9 heteroatoms. The van der Waals surface area contributed by atoms with Crippen LogP contribution in [0.15, 0.2) is 23.1 Å². The van der Waals surface area contributed by atoms with Gasteiger partial charge in [0.05, 0.1) is 23.1 Å². The first-order valence-corrected chi connectivity index (χ1v) is 13.8. The Morgan fingerprint density at radius 1 is 1.09 bits per heavy atom. The van der Waals surface area contributed by atoms with E-state index in [1.165, 1.54) is 52.6 Å². The molecule has 8 nitrogen and oxygen atoms in total. The van der Waals surface area contributed by atoms with E-state index in [9.17, 15) is 18.0 Å². The minimum atomic E-state index is -3.67. The molecule has 4 bridgehead atoms. The molecule has 1 saturated heterocycles. The van der Waals surface area contributed by atoms with Crippen LogP contribution in [-0.4, -0.2) is 63.2 Å². The summed E-state index contributed by atoms with van der Waals surface area (Å²) in [4.78, 5) is 29.2. The second kappa shape index (κ2) is 8.52. The summed E-state index contributed by atoms with van der Waals surface area (Å²) in [6, 6.07) is 3.88. The van der Waals surface area contributed by atoms with Gasteiger partial charge in [-0.1, -0.05) is 0 Å². The number of rotatable bonds is 6. The number of anilines is 1. The van der Waals surface area contributed by atoms with Gasteiger partial charge in [-0.3, -0.25) is 9.59 Å². The summed E-state index contributed by atoms with van der Waals surface area (Å²) < 4.78 is 31.7. The molecule has 0 unspecified atom stereocenters. The highest BCUT2D eigenvalue weighted by atomic mass is 32.2. The predicted octanol–water partition coefficient (Wildman–Crippen LogP) is 3.09. The van der Waals surface area contributed by atoms with Crippen molar-refractivity contribution in [1.29, 1.82) is 0 Å². The van der Waals surface area contributed by atoms with Crippen LogP contribution in [-0.2, 0) is 19.6 Å². The van der Waals surface area contributed by atoms with Crippen molar-refractivity contribution in [2.75, 3.05) is 33.1 Å². The lowest BCUT2D eigenvalue weighted by Gasteiger charge is -2.56. The van der Waals surface area contributed by atoms with Gasteiger partial charge in [0.15, 0.2) is 0 Å². The van der Waals surface area contributed by atoms with Gasteiger partial charge in [-0.15, -0.1) is 0 Å². The van der Waals surface area contributed by atoms with Crippen molar-refractivity contribution in [3.05, 3.63) is 18.2 Å². The first-order valence-electron chi connectivity index (χ1n) is 12.4. The smallest absolute Gasteiger partial charge is 0.247 e. The number of ether oxygens (including phenoxy) is 1. The lowest BCUT2D eigenvalue weighted by atomic mass is 9.49. The van der Waals surface area contributed by atoms with E-state index >= 15 is 0 Å². The van der Waals surface area contributed by atoms with Crippen LogP contribution in [0.4, 0.5) is 5.69 Å². The van der Waals surface area contributed by atoms with Gasteiger partial charge in [-0.25, -0.2) is 12.7 Å². The van der Waals surface area contributed by atoms with Crippen LogP contribution >= 0.6 is 0 Å². The Morgan fingerprint density at radius 2 is 1.71 bits per heavy atom. The van der Waals surface area contributed by atoms with Crippen LogP contribution in [0.25, 0.3) is 0 Å². The lowest BCUT2D eigenvalue weighted by molar-refractivity contribution is -0.160. The molecule has 1 heterocycles. The van der Waals surface area contributed by atoms with E-state index in [0.29, 0.717) is 42.2 Å². The Labute approximate surface area is 202 Å². The van der Waals surface area contributed by atoms with Crippen LogP contribution in [0.3, 0.4) is 0 Å². The van der Waals surface area contributed by atoms with Gasteiger partial charge in [0.25, 0.3) is 0 Å². The van der Waals surface area contributed by atoms with Gasteiger partial charge in [0, 0.05) is 20.6 Å². The minimum absolute atomic E-state index is 0.0709. The Hall–Kier alpha value is -2.13. The van der Waals surface area contributed by atoms with E-state index in [1.807, 2.05) is 4.90 Å². The molecule has 1 N–H and O–H groups in total. The third kappa shape index (κ3) is 3.90. The van der Waals surface area contributed by atoms with Crippen LogP contribution in [0.5, 0.6) is 5.75 Å². The van der Waals surface area contributed by atoms with Crippen molar-refractivity contribution in [1.82, 2.24) is 9.21 Å². The van der Waals surface area contributed by atoms with Gasteiger partial charge < -0.3 is 15.0 Å². The number of sulfonamides is 1. The molecule has 34 heavy (non-hydrogen) atoms. The van der Waals surface area contributed by atoms with Crippen molar-refractivity contribution in [3.63, 3.8) is 0 Å². The molecule has 4 saturated carbocycles. The molecular formula is C25H35N3O5S. The molecule has 0 aromatic heterocycles. The topological polar surface area (TPSA) is 96.0 Å². The fourth-order valence-corrected chi connectivity index (χ4v) is 8.26. The number of amides is 2. The zero-order valence-electron chi connectivity index (χ0n) is 20.2. The van der Waals surface area contributed by atoms with E-state index < -0.39 is 16.1 Å². The third-order valence-corrected chi connectivity index (χ3v) is 10.3. The third-order valence-electron chi connectivity index (χ3n) is 8.52. The van der Waals surface area contributed by atoms with E-state index in [4.69, 9.17) is 4.74 Å². The Morgan fingerprint density at radius 3 is 2.26 bits per heavy atom.